The number of benzene rings is 3. The lowest BCUT2D eigenvalue weighted by Crippen LogP contribution is -2.28. The van der Waals surface area contributed by atoms with Gasteiger partial charge in [0, 0.05) is 17.3 Å². The molecule has 0 unspecified atom stereocenters. The Morgan fingerprint density at radius 2 is 1.63 bits per heavy atom. The molecule has 0 bridgehead atoms. The van der Waals surface area contributed by atoms with Gasteiger partial charge < -0.3 is 10.1 Å². The van der Waals surface area contributed by atoms with E-state index in [1.807, 2.05) is 37.3 Å². The summed E-state index contributed by atoms with van der Waals surface area (Å²) in [5.74, 6) is 0.0739. The third-order valence-electron chi connectivity index (χ3n) is 4.24. The van der Waals surface area contributed by atoms with Crippen molar-refractivity contribution in [1.82, 2.24) is 5.32 Å². The summed E-state index contributed by atoms with van der Waals surface area (Å²) in [7, 11) is -3.71. The second-order valence-corrected chi connectivity index (χ2v) is 8.69. The number of aryl methyl sites for hydroxylation is 1. The topological polar surface area (TPSA) is 84.5 Å². The third kappa shape index (κ3) is 5.98. The average Bonchev–Trinajstić information content (AvgIpc) is 2.73. The maximum atomic E-state index is 12.5. The molecule has 6 nitrogen and oxygen atoms in total. The second kappa shape index (κ2) is 9.65. The van der Waals surface area contributed by atoms with Gasteiger partial charge >= 0.3 is 0 Å². The van der Waals surface area contributed by atoms with Crippen LogP contribution in [0.2, 0.25) is 5.02 Å². The van der Waals surface area contributed by atoms with Crippen molar-refractivity contribution >= 4 is 33.2 Å². The van der Waals surface area contributed by atoms with Crippen LogP contribution in [0.5, 0.6) is 5.75 Å². The maximum Gasteiger partial charge on any atom is 0.261 e. The zero-order valence-corrected chi connectivity index (χ0v) is 17.8. The smallest absolute Gasteiger partial charge is 0.261 e. The molecule has 3 rings (SSSR count). The Morgan fingerprint density at radius 1 is 0.967 bits per heavy atom. The molecule has 0 heterocycles. The van der Waals surface area contributed by atoms with E-state index in [0.717, 1.165) is 11.1 Å². The van der Waals surface area contributed by atoms with Gasteiger partial charge in [0.2, 0.25) is 0 Å². The number of sulfonamides is 1. The van der Waals surface area contributed by atoms with Crippen LogP contribution in [0.3, 0.4) is 0 Å². The minimum atomic E-state index is -3.71. The van der Waals surface area contributed by atoms with E-state index < -0.39 is 10.0 Å². The molecule has 0 saturated carbocycles. The van der Waals surface area contributed by atoms with Gasteiger partial charge in [0.15, 0.2) is 6.61 Å². The molecule has 8 heteroatoms. The van der Waals surface area contributed by atoms with Crippen LogP contribution in [-0.4, -0.2) is 20.9 Å². The monoisotopic (exact) mass is 444 g/mol. The number of hydrogen-bond acceptors (Lipinski definition) is 4. The zero-order chi connectivity index (χ0) is 21.6. The predicted molar refractivity (Wildman–Crippen MR) is 117 cm³/mol. The van der Waals surface area contributed by atoms with Gasteiger partial charge in [-0.05, 0) is 55.0 Å². The maximum absolute atomic E-state index is 12.5. The summed E-state index contributed by atoms with van der Waals surface area (Å²) in [5, 5.41) is 3.30. The van der Waals surface area contributed by atoms with Crippen LogP contribution < -0.4 is 14.8 Å². The largest absolute Gasteiger partial charge is 0.484 e. The Morgan fingerprint density at radius 3 is 2.30 bits per heavy atom. The molecule has 3 aromatic rings. The quantitative estimate of drug-likeness (QED) is 0.546. The summed E-state index contributed by atoms with van der Waals surface area (Å²) in [6, 6.07) is 20.1. The van der Waals surface area contributed by atoms with Gasteiger partial charge in [-0.1, -0.05) is 47.5 Å². The fraction of sp³-hybridized carbons (Fsp3) is 0.136. The minimum Gasteiger partial charge on any atom is -0.484 e. The van der Waals surface area contributed by atoms with Crippen LogP contribution in [0.4, 0.5) is 5.69 Å². The van der Waals surface area contributed by atoms with E-state index in [1.54, 1.807) is 18.2 Å². The number of ether oxygens (including phenoxy) is 1. The van der Waals surface area contributed by atoms with E-state index in [2.05, 4.69) is 10.0 Å². The molecular formula is C22H21ClN2O4S. The second-order valence-electron chi connectivity index (χ2n) is 6.60. The summed E-state index contributed by atoms with van der Waals surface area (Å²) in [5.41, 5.74) is 2.33. The summed E-state index contributed by atoms with van der Waals surface area (Å²) >= 11 is 6.05. The number of halogens is 1. The van der Waals surface area contributed by atoms with Crippen LogP contribution in [0, 0.1) is 6.92 Å². The number of amides is 1. The van der Waals surface area contributed by atoms with Gasteiger partial charge in [0.05, 0.1) is 4.90 Å². The first-order valence-corrected chi connectivity index (χ1v) is 11.0. The summed E-state index contributed by atoms with van der Waals surface area (Å²) in [6.45, 7) is 2.02. The lowest BCUT2D eigenvalue weighted by Gasteiger charge is -2.10. The van der Waals surface area contributed by atoms with Crippen molar-refractivity contribution in [2.45, 2.75) is 18.4 Å². The summed E-state index contributed by atoms with van der Waals surface area (Å²) < 4.78 is 32.9. The molecule has 0 aliphatic rings. The van der Waals surface area contributed by atoms with Gasteiger partial charge in [-0.3, -0.25) is 9.52 Å². The van der Waals surface area contributed by atoms with E-state index in [0.29, 0.717) is 23.0 Å². The molecule has 30 heavy (non-hydrogen) atoms. The van der Waals surface area contributed by atoms with Crippen molar-refractivity contribution in [3.05, 3.63) is 88.9 Å². The first-order valence-electron chi connectivity index (χ1n) is 9.16. The van der Waals surface area contributed by atoms with Crippen LogP contribution in [0.25, 0.3) is 0 Å². The summed E-state index contributed by atoms with van der Waals surface area (Å²) in [6.07, 6.45) is 0. The molecule has 156 valence electrons. The number of hydrogen-bond donors (Lipinski definition) is 2. The Bertz CT molecular complexity index is 1110. The van der Waals surface area contributed by atoms with Gasteiger partial charge in [0.25, 0.3) is 15.9 Å². The number of rotatable bonds is 8. The van der Waals surface area contributed by atoms with Crippen molar-refractivity contribution in [2.75, 3.05) is 11.3 Å². The van der Waals surface area contributed by atoms with Crippen molar-refractivity contribution in [1.29, 1.82) is 0 Å². The number of nitrogens with one attached hydrogen (secondary N) is 2. The van der Waals surface area contributed by atoms with Crippen molar-refractivity contribution < 1.29 is 17.9 Å². The molecule has 0 aliphatic heterocycles. The van der Waals surface area contributed by atoms with E-state index in [4.69, 9.17) is 16.3 Å². The van der Waals surface area contributed by atoms with Gasteiger partial charge in [0.1, 0.15) is 5.75 Å². The molecule has 0 aromatic heterocycles. The van der Waals surface area contributed by atoms with Crippen molar-refractivity contribution in [3.63, 3.8) is 0 Å². The van der Waals surface area contributed by atoms with Crippen LogP contribution in [0.15, 0.2) is 77.7 Å². The highest BCUT2D eigenvalue weighted by Gasteiger charge is 2.14. The van der Waals surface area contributed by atoms with E-state index in [-0.39, 0.29) is 17.4 Å². The highest BCUT2D eigenvalue weighted by molar-refractivity contribution is 7.92. The lowest BCUT2D eigenvalue weighted by atomic mass is 10.2. The predicted octanol–water partition coefficient (Wildman–Crippen LogP) is 4.14. The molecule has 2 N–H and O–H groups in total. The Kier molecular flexibility index (Phi) is 6.97. The summed E-state index contributed by atoms with van der Waals surface area (Å²) in [4.78, 5) is 12.1. The number of carbonyl (C=O) groups excluding carboxylic acids is 1. The number of anilines is 1. The van der Waals surface area contributed by atoms with E-state index >= 15 is 0 Å². The molecule has 0 radical (unpaired) electrons. The molecule has 0 saturated heterocycles. The van der Waals surface area contributed by atoms with E-state index in [9.17, 15) is 13.2 Å². The van der Waals surface area contributed by atoms with Crippen LogP contribution in [0.1, 0.15) is 11.1 Å². The van der Waals surface area contributed by atoms with E-state index in [1.165, 1.54) is 24.3 Å². The molecule has 0 spiro atoms. The van der Waals surface area contributed by atoms with Crippen molar-refractivity contribution in [2.24, 2.45) is 0 Å². The standard InChI is InChI=1S/C22H21ClN2O4S/c1-16-6-8-18(9-7-16)25-30(27,28)20-12-10-19(11-13-20)29-15-22(26)24-14-17-4-2-3-5-21(17)23/h2-13,25H,14-15H2,1H3,(H,24,26). The Hall–Kier alpha value is -3.03. The Labute approximate surface area is 180 Å². The molecule has 1 amide bonds. The molecule has 3 aromatic carbocycles. The fourth-order valence-electron chi connectivity index (χ4n) is 2.59. The zero-order valence-electron chi connectivity index (χ0n) is 16.3. The van der Waals surface area contributed by atoms with Gasteiger partial charge in [-0.25, -0.2) is 8.42 Å². The first-order chi connectivity index (χ1) is 14.3. The average molecular weight is 445 g/mol. The highest BCUT2D eigenvalue weighted by atomic mass is 35.5. The van der Waals surface area contributed by atoms with Gasteiger partial charge in [-0.15, -0.1) is 0 Å². The van der Waals surface area contributed by atoms with Crippen LogP contribution in [-0.2, 0) is 21.4 Å². The first kappa shape index (κ1) is 21.7. The number of carbonyl (C=O) groups is 1. The van der Waals surface area contributed by atoms with Crippen LogP contribution >= 0.6 is 11.6 Å². The SMILES string of the molecule is Cc1ccc(NS(=O)(=O)c2ccc(OCC(=O)NCc3ccccc3Cl)cc2)cc1. The van der Waals surface area contributed by atoms with Crippen molar-refractivity contribution in [3.8, 4) is 5.75 Å². The molecule has 0 fully saturated rings. The normalized spacial score (nSPS) is 11.0. The van der Waals surface area contributed by atoms with Gasteiger partial charge in [-0.2, -0.15) is 0 Å². The third-order valence-corrected chi connectivity index (χ3v) is 6.01. The fourth-order valence-corrected chi connectivity index (χ4v) is 3.85. The molecule has 0 atom stereocenters. The Balaban J connectivity index is 1.53. The minimum absolute atomic E-state index is 0.0959. The molecule has 0 aliphatic carbocycles. The molecular weight excluding hydrogens is 424 g/mol. The highest BCUT2D eigenvalue weighted by Crippen LogP contribution is 2.20. The lowest BCUT2D eigenvalue weighted by molar-refractivity contribution is -0.123.